The first-order valence-electron chi connectivity index (χ1n) is 8.78. The molecule has 3 rings (SSSR count). The van der Waals surface area contributed by atoms with Crippen molar-refractivity contribution in [3.63, 3.8) is 0 Å². The molecular formula is C20H24N2O4. The molecule has 0 aliphatic carbocycles. The number of nitrogens with zero attached hydrogens (tertiary/aromatic N) is 1. The molecule has 1 fully saturated rings. The van der Waals surface area contributed by atoms with Gasteiger partial charge in [-0.15, -0.1) is 0 Å². The Hall–Kier alpha value is -2.60. The fourth-order valence-electron chi connectivity index (χ4n) is 3.15. The zero-order chi connectivity index (χ0) is 18.5. The highest BCUT2D eigenvalue weighted by Gasteiger charge is 2.25. The average molecular weight is 356 g/mol. The number of hydrogen-bond donors (Lipinski definition) is 1. The smallest absolute Gasteiger partial charge is 0.223 e. The average Bonchev–Trinajstić information content (AvgIpc) is 2.70. The molecule has 2 amide bonds. The molecule has 0 saturated carbocycles. The number of nitrogens with one attached hydrogen (secondary N) is 1. The number of ether oxygens (including phenoxy) is 2. The Bertz CT molecular complexity index is 805. The highest BCUT2D eigenvalue weighted by molar-refractivity contribution is 5.85. The first-order chi connectivity index (χ1) is 12.6. The number of benzene rings is 2. The molecule has 6 nitrogen and oxygen atoms in total. The second-order valence-electron chi connectivity index (χ2n) is 6.34. The number of fused-ring (bicyclic) bond motifs is 1. The van der Waals surface area contributed by atoms with Crippen LogP contribution in [0.1, 0.15) is 24.5 Å². The van der Waals surface area contributed by atoms with Crippen LogP contribution in [0.25, 0.3) is 10.8 Å². The number of amides is 2. The van der Waals surface area contributed by atoms with Gasteiger partial charge in [0.15, 0.2) is 0 Å². The van der Waals surface area contributed by atoms with Crippen molar-refractivity contribution in [2.24, 2.45) is 0 Å². The Balaban J connectivity index is 1.69. The van der Waals surface area contributed by atoms with Crippen LogP contribution in [0.15, 0.2) is 36.4 Å². The molecule has 1 aliphatic heterocycles. The molecule has 0 aromatic heterocycles. The summed E-state index contributed by atoms with van der Waals surface area (Å²) in [7, 11) is 3.23. The fourth-order valence-corrected chi connectivity index (χ4v) is 3.15. The normalized spacial score (nSPS) is 17.2. The van der Waals surface area contributed by atoms with Crippen molar-refractivity contribution in [1.29, 1.82) is 0 Å². The van der Waals surface area contributed by atoms with Crippen molar-refractivity contribution in [3.8, 4) is 5.75 Å². The lowest BCUT2D eigenvalue weighted by Gasteiger charge is -2.33. The topological polar surface area (TPSA) is 67.9 Å². The minimum Gasteiger partial charge on any atom is -0.497 e. The van der Waals surface area contributed by atoms with E-state index in [9.17, 15) is 9.59 Å². The Morgan fingerprint density at radius 3 is 2.73 bits per heavy atom. The van der Waals surface area contributed by atoms with E-state index < -0.39 is 0 Å². The summed E-state index contributed by atoms with van der Waals surface area (Å²) in [5.41, 5.74) is 1.05. The maximum absolute atomic E-state index is 12.4. The van der Waals surface area contributed by atoms with Crippen molar-refractivity contribution >= 4 is 22.6 Å². The Morgan fingerprint density at radius 2 is 1.96 bits per heavy atom. The summed E-state index contributed by atoms with van der Waals surface area (Å²) in [6.45, 7) is 1.57. The number of carbonyl (C=O) groups is 2. The predicted molar refractivity (Wildman–Crippen MR) is 99.1 cm³/mol. The zero-order valence-electron chi connectivity index (χ0n) is 15.2. The molecule has 6 heteroatoms. The lowest BCUT2D eigenvalue weighted by Crippen LogP contribution is -2.42. The molecule has 0 bridgehead atoms. The summed E-state index contributed by atoms with van der Waals surface area (Å²) in [4.78, 5) is 25.5. The van der Waals surface area contributed by atoms with Crippen LogP contribution in [-0.4, -0.2) is 50.6 Å². The minimum absolute atomic E-state index is 0.00701. The van der Waals surface area contributed by atoms with Crippen LogP contribution in [0.2, 0.25) is 0 Å². The van der Waals surface area contributed by atoms with Gasteiger partial charge in [0.2, 0.25) is 11.8 Å². The molecule has 1 atom stereocenters. The number of hydrogen-bond acceptors (Lipinski definition) is 4. The maximum Gasteiger partial charge on any atom is 0.223 e. The van der Waals surface area contributed by atoms with E-state index in [4.69, 9.17) is 9.47 Å². The highest BCUT2D eigenvalue weighted by atomic mass is 16.5. The Morgan fingerprint density at radius 1 is 1.19 bits per heavy atom. The molecule has 0 radical (unpaired) electrons. The van der Waals surface area contributed by atoms with Crippen LogP contribution in [-0.2, 0) is 14.3 Å². The standard InChI is InChI=1S/C20H24N2O4/c1-21-19(23)7-8-20(24)22-9-10-26-18(13-22)16-4-3-15-12-17(25-2)6-5-14(15)11-16/h3-6,11-12,18H,7-10,13H2,1-2H3,(H,21,23)/t18-/m1/s1. The molecule has 1 aliphatic rings. The SMILES string of the molecule is CNC(=O)CCC(=O)N1CCO[C@@H](c2ccc3cc(OC)ccc3c2)C1. The van der Waals surface area contributed by atoms with Gasteiger partial charge in [0.1, 0.15) is 11.9 Å². The van der Waals surface area contributed by atoms with Gasteiger partial charge >= 0.3 is 0 Å². The molecule has 0 spiro atoms. The van der Waals surface area contributed by atoms with Crippen molar-refractivity contribution in [1.82, 2.24) is 10.2 Å². The largest absolute Gasteiger partial charge is 0.497 e. The lowest BCUT2D eigenvalue weighted by molar-refractivity contribution is -0.140. The van der Waals surface area contributed by atoms with E-state index in [-0.39, 0.29) is 30.8 Å². The molecule has 1 heterocycles. The van der Waals surface area contributed by atoms with E-state index >= 15 is 0 Å². The number of morpholine rings is 1. The molecule has 26 heavy (non-hydrogen) atoms. The first-order valence-corrected chi connectivity index (χ1v) is 8.78. The molecule has 1 saturated heterocycles. The van der Waals surface area contributed by atoms with Gasteiger partial charge in [-0.2, -0.15) is 0 Å². The molecule has 1 N–H and O–H groups in total. The van der Waals surface area contributed by atoms with E-state index in [1.54, 1.807) is 19.1 Å². The van der Waals surface area contributed by atoms with Gasteiger partial charge in [0, 0.05) is 26.4 Å². The number of rotatable bonds is 5. The van der Waals surface area contributed by atoms with Crippen LogP contribution in [0, 0.1) is 0 Å². The van der Waals surface area contributed by atoms with Crippen molar-refractivity contribution in [3.05, 3.63) is 42.0 Å². The predicted octanol–water partition coefficient (Wildman–Crippen LogP) is 2.27. The maximum atomic E-state index is 12.4. The van der Waals surface area contributed by atoms with Gasteiger partial charge in [0.25, 0.3) is 0 Å². The summed E-state index contributed by atoms with van der Waals surface area (Å²) in [6.07, 6.45) is 0.290. The third-order valence-electron chi connectivity index (χ3n) is 4.71. The third-order valence-corrected chi connectivity index (χ3v) is 4.71. The number of methoxy groups -OCH3 is 1. The zero-order valence-corrected chi connectivity index (χ0v) is 15.2. The van der Waals surface area contributed by atoms with E-state index in [1.165, 1.54) is 0 Å². The van der Waals surface area contributed by atoms with Crippen LogP contribution in [0.4, 0.5) is 0 Å². The monoisotopic (exact) mass is 356 g/mol. The second kappa shape index (κ2) is 8.19. The van der Waals surface area contributed by atoms with Crippen molar-refractivity contribution in [2.75, 3.05) is 33.9 Å². The van der Waals surface area contributed by atoms with Gasteiger partial charge in [0.05, 0.1) is 20.3 Å². The van der Waals surface area contributed by atoms with Crippen LogP contribution < -0.4 is 10.1 Å². The van der Waals surface area contributed by atoms with Gasteiger partial charge in [-0.3, -0.25) is 9.59 Å². The lowest BCUT2D eigenvalue weighted by atomic mass is 10.0. The quantitative estimate of drug-likeness (QED) is 0.892. The molecule has 2 aromatic rings. The highest BCUT2D eigenvalue weighted by Crippen LogP contribution is 2.28. The number of carbonyl (C=O) groups excluding carboxylic acids is 2. The molecule has 2 aromatic carbocycles. The van der Waals surface area contributed by atoms with E-state index in [0.717, 1.165) is 22.1 Å². The first kappa shape index (κ1) is 18.2. The van der Waals surface area contributed by atoms with Crippen LogP contribution >= 0.6 is 0 Å². The summed E-state index contributed by atoms with van der Waals surface area (Å²) in [6, 6.07) is 12.1. The van der Waals surface area contributed by atoms with Crippen LogP contribution in [0.3, 0.4) is 0 Å². The third kappa shape index (κ3) is 4.14. The van der Waals surface area contributed by atoms with Gasteiger partial charge in [-0.1, -0.05) is 18.2 Å². The second-order valence-corrected chi connectivity index (χ2v) is 6.34. The van der Waals surface area contributed by atoms with E-state index in [2.05, 4.69) is 11.4 Å². The Kier molecular flexibility index (Phi) is 5.73. The Labute approximate surface area is 153 Å². The van der Waals surface area contributed by atoms with Crippen LogP contribution in [0.5, 0.6) is 5.75 Å². The van der Waals surface area contributed by atoms with Gasteiger partial charge in [-0.25, -0.2) is 0 Å². The van der Waals surface area contributed by atoms with E-state index in [1.807, 2.05) is 30.3 Å². The molecule has 0 unspecified atom stereocenters. The summed E-state index contributed by atoms with van der Waals surface area (Å²) < 4.78 is 11.1. The van der Waals surface area contributed by atoms with E-state index in [0.29, 0.717) is 19.7 Å². The van der Waals surface area contributed by atoms with Gasteiger partial charge in [-0.05, 0) is 34.5 Å². The molecular weight excluding hydrogens is 332 g/mol. The summed E-state index contributed by atoms with van der Waals surface area (Å²) in [5, 5.41) is 4.75. The van der Waals surface area contributed by atoms with Gasteiger partial charge < -0.3 is 19.7 Å². The fraction of sp³-hybridized carbons (Fsp3) is 0.400. The molecule has 138 valence electrons. The summed E-state index contributed by atoms with van der Waals surface area (Å²) >= 11 is 0. The van der Waals surface area contributed by atoms with Crippen molar-refractivity contribution in [2.45, 2.75) is 18.9 Å². The van der Waals surface area contributed by atoms with Crippen molar-refractivity contribution < 1.29 is 19.1 Å². The summed E-state index contributed by atoms with van der Waals surface area (Å²) in [5.74, 6) is 0.701. The minimum atomic E-state index is -0.154.